The summed E-state index contributed by atoms with van der Waals surface area (Å²) in [4.78, 5) is 25.0. The van der Waals surface area contributed by atoms with E-state index in [1.54, 1.807) is 4.90 Å². The molecule has 2 aliphatic rings. The van der Waals surface area contributed by atoms with E-state index in [1.807, 2.05) is 6.92 Å². The highest BCUT2D eigenvalue weighted by atomic mass is 16.4. The second-order valence-electron chi connectivity index (χ2n) is 5.82. The number of rotatable bonds is 4. The minimum absolute atomic E-state index is 0.0203. The van der Waals surface area contributed by atoms with Crippen molar-refractivity contribution >= 4 is 11.9 Å². The largest absolute Gasteiger partial charge is 0.480 e. The summed E-state index contributed by atoms with van der Waals surface area (Å²) in [5, 5.41) is 9.10. The Morgan fingerprint density at radius 2 is 1.89 bits per heavy atom. The molecule has 0 aromatic heterocycles. The van der Waals surface area contributed by atoms with Crippen LogP contribution in [0.4, 0.5) is 0 Å². The smallest absolute Gasteiger partial charge is 0.326 e. The van der Waals surface area contributed by atoms with Gasteiger partial charge in [0.1, 0.15) is 6.04 Å². The minimum atomic E-state index is -0.853. The second kappa shape index (κ2) is 5.72. The number of aliphatic carboxylic acids is 1. The Kier molecular flexibility index (Phi) is 4.25. The van der Waals surface area contributed by atoms with Crippen molar-refractivity contribution in [2.75, 3.05) is 6.54 Å². The van der Waals surface area contributed by atoms with Crippen molar-refractivity contribution in [3.05, 3.63) is 0 Å². The molecule has 1 aliphatic heterocycles. The zero-order valence-corrected chi connectivity index (χ0v) is 11.1. The molecule has 102 valence electrons. The number of carboxylic acid groups (broad SMARTS) is 1. The van der Waals surface area contributed by atoms with E-state index in [0.29, 0.717) is 18.9 Å². The Morgan fingerprint density at radius 1 is 1.22 bits per heavy atom. The van der Waals surface area contributed by atoms with E-state index in [2.05, 4.69) is 0 Å². The van der Waals surface area contributed by atoms with Crippen molar-refractivity contribution in [2.45, 2.75) is 57.9 Å². The summed E-state index contributed by atoms with van der Waals surface area (Å²) in [5.41, 5.74) is 0. The molecule has 1 heterocycles. The number of hydrogen-bond donors (Lipinski definition) is 1. The van der Waals surface area contributed by atoms with Crippen molar-refractivity contribution in [1.29, 1.82) is 0 Å². The van der Waals surface area contributed by atoms with Gasteiger partial charge >= 0.3 is 5.97 Å². The van der Waals surface area contributed by atoms with Crippen LogP contribution in [0.15, 0.2) is 0 Å². The van der Waals surface area contributed by atoms with Crippen molar-refractivity contribution in [2.24, 2.45) is 11.8 Å². The second-order valence-corrected chi connectivity index (χ2v) is 5.82. The van der Waals surface area contributed by atoms with E-state index in [0.717, 1.165) is 12.8 Å². The Balaban J connectivity index is 1.90. The van der Waals surface area contributed by atoms with Crippen LogP contribution in [-0.4, -0.2) is 34.5 Å². The Bertz CT molecular complexity index is 323. The molecule has 0 bridgehead atoms. The molecule has 0 spiro atoms. The van der Waals surface area contributed by atoms with Crippen molar-refractivity contribution < 1.29 is 14.7 Å². The van der Waals surface area contributed by atoms with Crippen LogP contribution >= 0.6 is 0 Å². The van der Waals surface area contributed by atoms with Crippen LogP contribution < -0.4 is 0 Å². The maximum atomic E-state index is 12.3. The van der Waals surface area contributed by atoms with Gasteiger partial charge in [0.2, 0.25) is 5.91 Å². The van der Waals surface area contributed by atoms with E-state index in [4.69, 9.17) is 5.11 Å². The van der Waals surface area contributed by atoms with Gasteiger partial charge in [0, 0.05) is 12.5 Å². The lowest BCUT2D eigenvalue weighted by Crippen LogP contribution is -2.43. The van der Waals surface area contributed by atoms with E-state index in [1.165, 1.54) is 25.7 Å². The van der Waals surface area contributed by atoms with E-state index in [9.17, 15) is 9.59 Å². The molecule has 1 saturated heterocycles. The van der Waals surface area contributed by atoms with Gasteiger partial charge in [0.15, 0.2) is 0 Å². The summed E-state index contributed by atoms with van der Waals surface area (Å²) >= 11 is 0. The van der Waals surface area contributed by atoms with Gasteiger partial charge in [-0.15, -0.1) is 0 Å². The third-order valence-electron chi connectivity index (χ3n) is 4.40. The molecule has 2 rings (SSSR count). The number of hydrogen-bond acceptors (Lipinski definition) is 2. The Hall–Kier alpha value is -1.06. The third-order valence-corrected chi connectivity index (χ3v) is 4.40. The Morgan fingerprint density at radius 3 is 2.50 bits per heavy atom. The van der Waals surface area contributed by atoms with Gasteiger partial charge < -0.3 is 10.0 Å². The molecule has 1 aliphatic carbocycles. The number of carboxylic acids is 1. The quantitative estimate of drug-likeness (QED) is 0.836. The molecule has 0 aromatic rings. The molecule has 1 saturated carbocycles. The molecule has 1 unspecified atom stereocenters. The predicted molar refractivity (Wildman–Crippen MR) is 68.1 cm³/mol. The zero-order valence-electron chi connectivity index (χ0n) is 11.1. The molecule has 1 amide bonds. The highest BCUT2D eigenvalue weighted by molar-refractivity contribution is 5.85. The summed E-state index contributed by atoms with van der Waals surface area (Å²) in [6, 6.07) is -0.580. The molecule has 2 atom stereocenters. The zero-order chi connectivity index (χ0) is 13.1. The van der Waals surface area contributed by atoms with E-state index < -0.39 is 12.0 Å². The van der Waals surface area contributed by atoms with Gasteiger partial charge in [-0.3, -0.25) is 4.79 Å². The first-order chi connectivity index (χ1) is 8.59. The molecule has 4 heteroatoms. The van der Waals surface area contributed by atoms with Crippen LogP contribution in [0, 0.1) is 11.8 Å². The molecule has 4 nitrogen and oxygen atoms in total. The number of carbonyl (C=O) groups excluding carboxylic acids is 1. The summed E-state index contributed by atoms with van der Waals surface area (Å²) in [6.07, 6.45) is 7.40. The van der Waals surface area contributed by atoms with E-state index >= 15 is 0 Å². The van der Waals surface area contributed by atoms with Gasteiger partial charge in [-0.2, -0.15) is 0 Å². The fourth-order valence-corrected chi connectivity index (χ4v) is 3.42. The first kappa shape index (κ1) is 13.4. The maximum absolute atomic E-state index is 12.3. The lowest BCUT2D eigenvalue weighted by Gasteiger charge is -2.26. The minimum Gasteiger partial charge on any atom is -0.480 e. The lowest BCUT2D eigenvalue weighted by molar-refractivity contribution is -0.149. The first-order valence-electron chi connectivity index (χ1n) is 7.13. The van der Waals surface area contributed by atoms with Gasteiger partial charge in [-0.25, -0.2) is 4.79 Å². The number of amides is 1. The normalized spacial score (nSPS) is 26.5. The summed E-state index contributed by atoms with van der Waals surface area (Å²) in [6.45, 7) is 2.57. The summed E-state index contributed by atoms with van der Waals surface area (Å²) in [7, 11) is 0. The number of nitrogens with zero attached hydrogens (tertiary/aromatic N) is 1. The summed E-state index contributed by atoms with van der Waals surface area (Å²) in [5.74, 6) is -0.149. The third kappa shape index (κ3) is 2.85. The standard InChI is InChI=1S/C14H23NO3/c1-10(9-11-5-2-3-6-11)13(16)15-8-4-7-12(15)14(17)18/h10-12H,2-9H2,1H3,(H,17,18)/t10?,12-/m1/s1. The van der Waals surface area contributed by atoms with Crippen LogP contribution in [0.25, 0.3) is 0 Å². The maximum Gasteiger partial charge on any atom is 0.326 e. The van der Waals surface area contributed by atoms with Gasteiger partial charge in [0.05, 0.1) is 0 Å². The fourth-order valence-electron chi connectivity index (χ4n) is 3.42. The SMILES string of the molecule is CC(CC1CCCC1)C(=O)N1CCC[C@@H]1C(=O)O. The summed E-state index contributed by atoms with van der Waals surface area (Å²) < 4.78 is 0. The molecule has 0 aromatic carbocycles. The van der Waals surface area contributed by atoms with Crippen LogP contribution in [0.5, 0.6) is 0 Å². The van der Waals surface area contributed by atoms with Gasteiger partial charge in [-0.1, -0.05) is 32.6 Å². The number of likely N-dealkylation sites (tertiary alicyclic amines) is 1. The monoisotopic (exact) mass is 253 g/mol. The predicted octanol–water partition coefficient (Wildman–Crippen LogP) is 2.28. The highest BCUT2D eigenvalue weighted by Gasteiger charge is 2.36. The molecular formula is C14H23NO3. The van der Waals surface area contributed by atoms with Crippen LogP contribution in [-0.2, 0) is 9.59 Å². The van der Waals surface area contributed by atoms with Crippen LogP contribution in [0.1, 0.15) is 51.9 Å². The van der Waals surface area contributed by atoms with Gasteiger partial charge in [0.25, 0.3) is 0 Å². The highest BCUT2D eigenvalue weighted by Crippen LogP contribution is 2.31. The van der Waals surface area contributed by atoms with Crippen molar-refractivity contribution in [3.8, 4) is 0 Å². The topological polar surface area (TPSA) is 57.6 Å². The molecule has 2 fully saturated rings. The van der Waals surface area contributed by atoms with E-state index in [-0.39, 0.29) is 11.8 Å². The molecule has 0 radical (unpaired) electrons. The van der Waals surface area contributed by atoms with Crippen LogP contribution in [0.3, 0.4) is 0 Å². The van der Waals surface area contributed by atoms with Crippen molar-refractivity contribution in [3.63, 3.8) is 0 Å². The molecule has 18 heavy (non-hydrogen) atoms. The first-order valence-corrected chi connectivity index (χ1v) is 7.13. The Labute approximate surface area is 108 Å². The van der Waals surface area contributed by atoms with Gasteiger partial charge in [-0.05, 0) is 25.2 Å². The molecular weight excluding hydrogens is 230 g/mol. The van der Waals surface area contributed by atoms with Crippen LogP contribution in [0.2, 0.25) is 0 Å². The average molecular weight is 253 g/mol. The number of carbonyl (C=O) groups is 2. The van der Waals surface area contributed by atoms with Crippen molar-refractivity contribution in [1.82, 2.24) is 4.90 Å². The lowest BCUT2D eigenvalue weighted by atomic mass is 9.93. The average Bonchev–Trinajstić information content (AvgIpc) is 2.97. The molecule has 1 N–H and O–H groups in total. The fraction of sp³-hybridized carbons (Fsp3) is 0.857.